The van der Waals surface area contributed by atoms with E-state index in [-0.39, 0.29) is 11.9 Å². The van der Waals surface area contributed by atoms with E-state index in [9.17, 15) is 13.2 Å². The number of rotatable bonds is 3. The zero-order chi connectivity index (χ0) is 14.8. The number of hydrogen-bond acceptors (Lipinski definition) is 3. The number of carbonyl (C=O) groups is 1. The fourth-order valence-electron chi connectivity index (χ4n) is 2.31. The van der Waals surface area contributed by atoms with Crippen molar-refractivity contribution in [3.63, 3.8) is 0 Å². The zero-order valence-electron chi connectivity index (χ0n) is 11.2. The fraction of sp³-hybridized carbons (Fsp3) is 0.462. The number of hydrogen-bond donors (Lipinski definition) is 1. The molecule has 1 aliphatic rings. The molecule has 0 atom stereocenters. The molecule has 1 fully saturated rings. The number of likely N-dealkylation sites (tertiary alicyclic amines) is 1. The van der Waals surface area contributed by atoms with Gasteiger partial charge in [0.25, 0.3) is 5.91 Å². The van der Waals surface area contributed by atoms with Gasteiger partial charge < -0.3 is 4.90 Å². The number of nitrogens with one attached hydrogen (secondary N) is 1. The van der Waals surface area contributed by atoms with Gasteiger partial charge in [0.05, 0.1) is 16.8 Å². The van der Waals surface area contributed by atoms with Gasteiger partial charge in [-0.25, -0.2) is 13.1 Å². The molecule has 7 heteroatoms. The van der Waals surface area contributed by atoms with Crippen LogP contribution >= 0.6 is 11.6 Å². The Morgan fingerprint density at radius 2 is 1.90 bits per heavy atom. The largest absolute Gasteiger partial charge is 0.338 e. The second-order valence-electron chi connectivity index (χ2n) is 4.94. The van der Waals surface area contributed by atoms with Crippen LogP contribution in [0.5, 0.6) is 0 Å². The van der Waals surface area contributed by atoms with Crippen molar-refractivity contribution in [2.24, 2.45) is 0 Å². The minimum absolute atomic E-state index is 0.0969. The molecule has 1 aromatic rings. The van der Waals surface area contributed by atoms with Gasteiger partial charge in [-0.05, 0) is 25.0 Å². The molecule has 0 radical (unpaired) electrons. The summed E-state index contributed by atoms with van der Waals surface area (Å²) in [6.07, 6.45) is 2.38. The van der Waals surface area contributed by atoms with Crippen LogP contribution in [0.4, 0.5) is 0 Å². The number of halogens is 1. The molecule has 110 valence electrons. The molecule has 0 aliphatic carbocycles. The van der Waals surface area contributed by atoms with Crippen LogP contribution in [0.15, 0.2) is 24.3 Å². The first-order valence-corrected chi connectivity index (χ1v) is 8.65. The smallest absolute Gasteiger partial charge is 0.255 e. The average Bonchev–Trinajstić information content (AvgIpc) is 2.37. The molecule has 1 saturated heterocycles. The van der Waals surface area contributed by atoms with Crippen molar-refractivity contribution in [1.82, 2.24) is 9.62 Å². The third kappa shape index (κ3) is 3.94. The Morgan fingerprint density at radius 1 is 1.30 bits per heavy atom. The number of amides is 1. The van der Waals surface area contributed by atoms with Crippen LogP contribution in [0.1, 0.15) is 23.2 Å². The normalized spacial score (nSPS) is 17.2. The molecule has 2 rings (SSSR count). The maximum atomic E-state index is 12.3. The molecule has 5 nitrogen and oxygen atoms in total. The topological polar surface area (TPSA) is 66.5 Å². The number of sulfonamides is 1. The summed E-state index contributed by atoms with van der Waals surface area (Å²) in [6.45, 7) is 1.05. The lowest BCUT2D eigenvalue weighted by molar-refractivity contribution is 0.0711. The van der Waals surface area contributed by atoms with Gasteiger partial charge in [0.2, 0.25) is 10.0 Å². The van der Waals surface area contributed by atoms with E-state index in [0.29, 0.717) is 36.5 Å². The summed E-state index contributed by atoms with van der Waals surface area (Å²) in [6, 6.07) is 6.84. The van der Waals surface area contributed by atoms with Gasteiger partial charge in [-0.15, -0.1) is 0 Å². The van der Waals surface area contributed by atoms with Gasteiger partial charge in [0.1, 0.15) is 0 Å². The van der Waals surface area contributed by atoms with Crippen molar-refractivity contribution < 1.29 is 13.2 Å². The van der Waals surface area contributed by atoms with Crippen molar-refractivity contribution in [3.05, 3.63) is 34.9 Å². The minimum Gasteiger partial charge on any atom is -0.338 e. The van der Waals surface area contributed by atoms with Crippen LogP contribution in [0, 0.1) is 0 Å². The molecule has 0 bridgehead atoms. The SMILES string of the molecule is CS(=O)(=O)NC1CCN(C(=O)c2ccccc2Cl)CC1. The van der Waals surface area contributed by atoms with Gasteiger partial charge >= 0.3 is 0 Å². The molecule has 0 aromatic heterocycles. The van der Waals surface area contributed by atoms with Crippen molar-refractivity contribution in [2.75, 3.05) is 19.3 Å². The van der Waals surface area contributed by atoms with Crippen LogP contribution in [0.3, 0.4) is 0 Å². The van der Waals surface area contributed by atoms with E-state index in [1.165, 1.54) is 0 Å². The van der Waals surface area contributed by atoms with E-state index in [2.05, 4.69) is 4.72 Å². The maximum absolute atomic E-state index is 12.3. The van der Waals surface area contributed by atoms with Crippen molar-refractivity contribution in [2.45, 2.75) is 18.9 Å². The summed E-state index contributed by atoms with van der Waals surface area (Å²) in [7, 11) is -3.19. The summed E-state index contributed by atoms with van der Waals surface area (Å²) in [5.41, 5.74) is 0.490. The third-order valence-electron chi connectivity index (χ3n) is 3.27. The van der Waals surface area contributed by atoms with Gasteiger partial charge in [-0.3, -0.25) is 4.79 Å². The fourth-order valence-corrected chi connectivity index (χ4v) is 3.37. The highest BCUT2D eigenvalue weighted by molar-refractivity contribution is 7.88. The Kier molecular flexibility index (Phi) is 4.67. The molecule has 0 saturated carbocycles. The minimum atomic E-state index is -3.19. The van der Waals surface area contributed by atoms with Crippen LogP contribution in [0.2, 0.25) is 5.02 Å². The molecule has 0 spiro atoms. The Bertz CT molecular complexity index is 595. The monoisotopic (exact) mass is 316 g/mol. The first-order chi connectivity index (χ1) is 9.37. The van der Waals surface area contributed by atoms with E-state index < -0.39 is 10.0 Å². The highest BCUT2D eigenvalue weighted by Gasteiger charge is 2.25. The second kappa shape index (κ2) is 6.11. The van der Waals surface area contributed by atoms with Crippen LogP contribution in [0.25, 0.3) is 0 Å². The first kappa shape index (κ1) is 15.3. The molecule has 1 heterocycles. The Morgan fingerprint density at radius 3 is 2.45 bits per heavy atom. The Labute approximate surface area is 124 Å². The lowest BCUT2D eigenvalue weighted by atomic mass is 10.0. The van der Waals surface area contributed by atoms with E-state index in [0.717, 1.165) is 6.26 Å². The van der Waals surface area contributed by atoms with Gasteiger partial charge in [0, 0.05) is 19.1 Å². The molecular formula is C13H17ClN2O3S. The maximum Gasteiger partial charge on any atom is 0.255 e. The van der Waals surface area contributed by atoms with Crippen molar-refractivity contribution in [1.29, 1.82) is 0 Å². The Balaban J connectivity index is 1.97. The van der Waals surface area contributed by atoms with Gasteiger partial charge in [-0.2, -0.15) is 0 Å². The van der Waals surface area contributed by atoms with E-state index in [4.69, 9.17) is 11.6 Å². The summed E-state index contributed by atoms with van der Waals surface area (Å²) < 4.78 is 24.9. The Hall–Kier alpha value is -1.11. The lowest BCUT2D eigenvalue weighted by Crippen LogP contribution is -2.46. The quantitative estimate of drug-likeness (QED) is 0.919. The van der Waals surface area contributed by atoms with E-state index >= 15 is 0 Å². The van der Waals surface area contributed by atoms with Crippen LogP contribution in [-0.4, -0.2) is 44.6 Å². The lowest BCUT2D eigenvalue weighted by Gasteiger charge is -2.32. The summed E-state index contributed by atoms with van der Waals surface area (Å²) in [5, 5.41) is 0.439. The molecule has 0 unspecified atom stereocenters. The van der Waals surface area contributed by atoms with Gasteiger partial charge in [-0.1, -0.05) is 23.7 Å². The number of piperidine rings is 1. The summed E-state index contributed by atoms with van der Waals surface area (Å²) in [4.78, 5) is 14.0. The second-order valence-corrected chi connectivity index (χ2v) is 7.12. The standard InChI is InChI=1S/C13H17ClN2O3S/c1-20(18,19)15-10-6-8-16(9-7-10)13(17)11-4-2-3-5-12(11)14/h2-5,10,15H,6-9H2,1H3. The molecule has 20 heavy (non-hydrogen) atoms. The predicted molar refractivity (Wildman–Crippen MR) is 78.4 cm³/mol. The molecule has 1 aliphatic heterocycles. The van der Waals surface area contributed by atoms with Crippen LogP contribution < -0.4 is 4.72 Å². The predicted octanol–water partition coefficient (Wildman–Crippen LogP) is 1.49. The zero-order valence-corrected chi connectivity index (χ0v) is 12.7. The highest BCUT2D eigenvalue weighted by Crippen LogP contribution is 2.20. The van der Waals surface area contributed by atoms with E-state index in [1.807, 2.05) is 0 Å². The third-order valence-corrected chi connectivity index (χ3v) is 4.36. The van der Waals surface area contributed by atoms with Crippen molar-refractivity contribution in [3.8, 4) is 0 Å². The molecule has 1 N–H and O–H groups in total. The van der Waals surface area contributed by atoms with Gasteiger partial charge in [0.15, 0.2) is 0 Å². The molecule has 1 amide bonds. The number of benzene rings is 1. The van der Waals surface area contributed by atoms with E-state index in [1.54, 1.807) is 29.2 Å². The van der Waals surface area contributed by atoms with Crippen molar-refractivity contribution >= 4 is 27.5 Å². The average molecular weight is 317 g/mol. The highest BCUT2D eigenvalue weighted by atomic mass is 35.5. The van der Waals surface area contributed by atoms with Crippen LogP contribution in [-0.2, 0) is 10.0 Å². The molecular weight excluding hydrogens is 300 g/mol. The molecule has 1 aromatic carbocycles. The number of nitrogens with zero attached hydrogens (tertiary/aromatic N) is 1. The number of carbonyl (C=O) groups excluding carboxylic acids is 1. The first-order valence-electron chi connectivity index (χ1n) is 6.38. The summed E-state index contributed by atoms with van der Waals surface area (Å²) in [5.74, 6) is -0.103. The summed E-state index contributed by atoms with van der Waals surface area (Å²) >= 11 is 6.01.